The van der Waals surface area contributed by atoms with E-state index in [4.69, 9.17) is 0 Å². The first kappa shape index (κ1) is 14.6. The zero-order valence-electron chi connectivity index (χ0n) is 12.1. The minimum atomic E-state index is -0.814. The Bertz CT molecular complexity index is 526. The number of piperidine rings is 1. The van der Waals surface area contributed by atoms with E-state index in [-0.39, 0.29) is 5.91 Å². The van der Waals surface area contributed by atoms with Crippen molar-refractivity contribution in [1.82, 2.24) is 4.90 Å². The average Bonchev–Trinajstić information content (AvgIpc) is 2.38. The van der Waals surface area contributed by atoms with Gasteiger partial charge in [0.05, 0.1) is 11.8 Å². The molecule has 1 N–H and O–H groups in total. The molecule has 1 aromatic carbocycles. The second-order valence-corrected chi connectivity index (χ2v) is 5.95. The lowest BCUT2D eigenvalue weighted by atomic mass is 9.82. The van der Waals surface area contributed by atoms with E-state index in [1.165, 1.54) is 0 Å². The molecule has 108 valence electrons. The van der Waals surface area contributed by atoms with Gasteiger partial charge >= 0.3 is 5.97 Å². The van der Waals surface area contributed by atoms with Crippen molar-refractivity contribution in [2.45, 2.75) is 33.1 Å². The third kappa shape index (κ3) is 3.18. The van der Waals surface area contributed by atoms with Gasteiger partial charge in [-0.3, -0.25) is 9.59 Å². The maximum Gasteiger partial charge on any atom is 0.311 e. The molecule has 1 aliphatic heterocycles. The molecule has 0 saturated carbocycles. The Balaban J connectivity index is 2.04. The molecule has 1 aliphatic rings. The standard InChI is InChI=1S/C16H21NO3/c1-12-5-3-6-13(9-12)10-14(18)17-8-4-7-16(2,11-17)15(19)20/h3,5-6,9H,4,7-8,10-11H2,1-2H3,(H,19,20). The van der Waals surface area contributed by atoms with Gasteiger partial charge in [0, 0.05) is 13.1 Å². The molecule has 4 heteroatoms. The molecule has 4 nitrogen and oxygen atoms in total. The van der Waals surface area contributed by atoms with Crippen molar-refractivity contribution < 1.29 is 14.7 Å². The van der Waals surface area contributed by atoms with E-state index in [2.05, 4.69) is 0 Å². The summed E-state index contributed by atoms with van der Waals surface area (Å²) in [7, 11) is 0. The van der Waals surface area contributed by atoms with Gasteiger partial charge in [0.1, 0.15) is 0 Å². The van der Waals surface area contributed by atoms with Gasteiger partial charge in [-0.1, -0.05) is 29.8 Å². The van der Waals surface area contributed by atoms with Gasteiger partial charge < -0.3 is 10.0 Å². The van der Waals surface area contributed by atoms with Gasteiger partial charge in [0.15, 0.2) is 0 Å². The van der Waals surface area contributed by atoms with Gasteiger partial charge in [-0.2, -0.15) is 0 Å². The highest BCUT2D eigenvalue weighted by Gasteiger charge is 2.39. The van der Waals surface area contributed by atoms with Crippen molar-refractivity contribution >= 4 is 11.9 Å². The third-order valence-corrected chi connectivity index (χ3v) is 4.00. The predicted molar refractivity (Wildman–Crippen MR) is 76.4 cm³/mol. The van der Waals surface area contributed by atoms with Crippen LogP contribution in [0.1, 0.15) is 30.9 Å². The van der Waals surface area contributed by atoms with E-state index >= 15 is 0 Å². The van der Waals surface area contributed by atoms with Crippen LogP contribution in [0.2, 0.25) is 0 Å². The number of carboxylic acids is 1. The summed E-state index contributed by atoms with van der Waals surface area (Å²) in [5, 5.41) is 9.29. The monoisotopic (exact) mass is 275 g/mol. The zero-order chi connectivity index (χ0) is 14.8. The number of nitrogens with zero attached hydrogens (tertiary/aromatic N) is 1. The molecule has 0 radical (unpaired) electrons. The summed E-state index contributed by atoms with van der Waals surface area (Å²) in [6.07, 6.45) is 1.73. The lowest BCUT2D eigenvalue weighted by Gasteiger charge is -2.37. The third-order valence-electron chi connectivity index (χ3n) is 4.00. The van der Waals surface area contributed by atoms with Crippen LogP contribution >= 0.6 is 0 Å². The highest BCUT2D eigenvalue weighted by molar-refractivity contribution is 5.81. The fourth-order valence-corrected chi connectivity index (χ4v) is 2.74. The van der Waals surface area contributed by atoms with Gasteiger partial charge in [0.2, 0.25) is 5.91 Å². The zero-order valence-corrected chi connectivity index (χ0v) is 12.1. The molecule has 0 spiro atoms. The molecule has 0 aromatic heterocycles. The fourth-order valence-electron chi connectivity index (χ4n) is 2.74. The van der Waals surface area contributed by atoms with E-state index in [9.17, 15) is 14.7 Å². The molecule has 1 unspecified atom stereocenters. The maximum absolute atomic E-state index is 12.3. The van der Waals surface area contributed by atoms with Crippen LogP contribution in [0.3, 0.4) is 0 Å². The Morgan fingerprint density at radius 2 is 2.15 bits per heavy atom. The number of carbonyl (C=O) groups is 2. The molecule has 0 aliphatic carbocycles. The molecule has 20 heavy (non-hydrogen) atoms. The van der Waals surface area contributed by atoms with Crippen LogP contribution in [-0.4, -0.2) is 35.0 Å². The number of carboxylic acid groups (broad SMARTS) is 1. The van der Waals surface area contributed by atoms with Crippen LogP contribution in [0, 0.1) is 12.3 Å². The van der Waals surface area contributed by atoms with E-state index in [1.54, 1.807) is 11.8 Å². The Morgan fingerprint density at radius 3 is 2.80 bits per heavy atom. The van der Waals surface area contributed by atoms with E-state index in [1.807, 2.05) is 31.2 Å². The van der Waals surface area contributed by atoms with Crippen molar-refractivity contribution in [3.63, 3.8) is 0 Å². The Hall–Kier alpha value is -1.84. The summed E-state index contributed by atoms with van der Waals surface area (Å²) >= 11 is 0. The van der Waals surface area contributed by atoms with Crippen LogP contribution < -0.4 is 0 Å². The van der Waals surface area contributed by atoms with Crippen LogP contribution in [0.4, 0.5) is 0 Å². The summed E-state index contributed by atoms with van der Waals surface area (Å²) in [5.74, 6) is -0.798. The van der Waals surface area contributed by atoms with Crippen molar-refractivity contribution in [2.24, 2.45) is 5.41 Å². The topological polar surface area (TPSA) is 57.6 Å². The first-order valence-corrected chi connectivity index (χ1v) is 6.97. The summed E-state index contributed by atoms with van der Waals surface area (Å²) < 4.78 is 0. The SMILES string of the molecule is Cc1cccc(CC(=O)N2CCCC(C)(C(=O)O)C2)c1. The van der Waals surface area contributed by atoms with Crippen molar-refractivity contribution in [1.29, 1.82) is 0 Å². The molecule has 2 rings (SSSR count). The molecule has 0 bridgehead atoms. The molecule has 1 aromatic rings. The summed E-state index contributed by atoms with van der Waals surface area (Å²) in [5.41, 5.74) is 1.31. The highest BCUT2D eigenvalue weighted by Crippen LogP contribution is 2.30. The number of hydrogen-bond donors (Lipinski definition) is 1. The van der Waals surface area contributed by atoms with Crippen molar-refractivity contribution in [3.8, 4) is 0 Å². The van der Waals surface area contributed by atoms with Gasteiger partial charge in [0.25, 0.3) is 0 Å². The maximum atomic E-state index is 12.3. The number of benzene rings is 1. The number of aryl methyl sites for hydroxylation is 1. The minimum absolute atomic E-state index is 0.0165. The molecular formula is C16H21NO3. The van der Waals surface area contributed by atoms with Gasteiger partial charge in [-0.05, 0) is 32.3 Å². The van der Waals surface area contributed by atoms with Crippen molar-refractivity contribution in [3.05, 3.63) is 35.4 Å². The highest BCUT2D eigenvalue weighted by atomic mass is 16.4. The molecular weight excluding hydrogens is 254 g/mol. The Morgan fingerprint density at radius 1 is 1.40 bits per heavy atom. The number of carbonyl (C=O) groups excluding carboxylic acids is 1. The summed E-state index contributed by atoms with van der Waals surface area (Å²) in [4.78, 5) is 25.3. The Labute approximate surface area is 119 Å². The first-order chi connectivity index (χ1) is 9.40. The fraction of sp³-hybridized carbons (Fsp3) is 0.500. The predicted octanol–water partition coefficient (Wildman–Crippen LogP) is 2.25. The normalized spacial score (nSPS) is 22.6. The van der Waals surface area contributed by atoms with Crippen LogP contribution in [0.5, 0.6) is 0 Å². The van der Waals surface area contributed by atoms with E-state index in [0.717, 1.165) is 17.5 Å². The quantitative estimate of drug-likeness (QED) is 0.920. The molecule has 1 amide bonds. The summed E-state index contributed by atoms with van der Waals surface area (Å²) in [6.45, 7) is 4.69. The second kappa shape index (κ2) is 5.65. The number of aliphatic carboxylic acids is 1. The molecule has 1 heterocycles. The van der Waals surface area contributed by atoms with Gasteiger partial charge in [-0.25, -0.2) is 0 Å². The van der Waals surface area contributed by atoms with Crippen LogP contribution in [0.25, 0.3) is 0 Å². The largest absolute Gasteiger partial charge is 0.481 e. The Kier molecular flexibility index (Phi) is 4.12. The van der Waals surface area contributed by atoms with Gasteiger partial charge in [-0.15, -0.1) is 0 Å². The average molecular weight is 275 g/mol. The van der Waals surface area contributed by atoms with E-state index < -0.39 is 11.4 Å². The number of rotatable bonds is 3. The first-order valence-electron chi connectivity index (χ1n) is 6.97. The number of hydrogen-bond acceptors (Lipinski definition) is 2. The number of likely N-dealkylation sites (tertiary alicyclic amines) is 1. The number of amides is 1. The summed E-state index contributed by atoms with van der Waals surface area (Å²) in [6, 6.07) is 7.87. The van der Waals surface area contributed by atoms with Crippen LogP contribution in [-0.2, 0) is 16.0 Å². The minimum Gasteiger partial charge on any atom is -0.481 e. The smallest absolute Gasteiger partial charge is 0.311 e. The van der Waals surface area contributed by atoms with Crippen LogP contribution in [0.15, 0.2) is 24.3 Å². The van der Waals surface area contributed by atoms with E-state index in [0.29, 0.717) is 25.9 Å². The molecule has 1 saturated heterocycles. The lowest BCUT2D eigenvalue weighted by Crippen LogP contribution is -2.48. The molecule has 1 fully saturated rings. The second-order valence-electron chi connectivity index (χ2n) is 5.95. The molecule has 1 atom stereocenters. The lowest BCUT2D eigenvalue weighted by molar-refractivity contribution is -0.153. The van der Waals surface area contributed by atoms with Crippen molar-refractivity contribution in [2.75, 3.05) is 13.1 Å².